The van der Waals surface area contributed by atoms with Crippen LogP contribution in [0.25, 0.3) is 10.9 Å². The van der Waals surface area contributed by atoms with Crippen molar-refractivity contribution < 1.29 is 19.0 Å². The van der Waals surface area contributed by atoms with Crippen LogP contribution in [0.5, 0.6) is 0 Å². The third kappa shape index (κ3) is 4.05. The van der Waals surface area contributed by atoms with Crippen LogP contribution in [0.4, 0.5) is 4.39 Å². The monoisotopic (exact) mass is 500 g/mol. The summed E-state index contributed by atoms with van der Waals surface area (Å²) >= 11 is 5.72. The highest BCUT2D eigenvalue weighted by molar-refractivity contribution is 7.90. The van der Waals surface area contributed by atoms with Crippen LogP contribution >= 0.6 is 11.6 Å². The molecule has 34 heavy (non-hydrogen) atoms. The molecular weight excluding hydrogens is 479 g/mol. The summed E-state index contributed by atoms with van der Waals surface area (Å²) in [5, 5.41) is 8.17. The second-order valence-electron chi connectivity index (χ2n) is 8.30. The van der Waals surface area contributed by atoms with Gasteiger partial charge in [-0.05, 0) is 60.5 Å². The van der Waals surface area contributed by atoms with Gasteiger partial charge in [-0.3, -0.25) is 4.79 Å². The molecule has 1 aliphatic heterocycles. The standard InChI is InChI=1S/C24H20ClFN4O3S.H2/c1-15(30-10-9-20-21(26)3-2-4-22(20)30)24(31)29-12-16-5-7-19(11-17(16)13-29)34(32,33)14-18-6-8-23(25)28-27-18;/h2-11,15H,12-14H2,1H3;1H/t15-;/m1./s1. The van der Waals surface area contributed by atoms with Gasteiger partial charge in [0, 0.05) is 26.1 Å². The van der Waals surface area contributed by atoms with E-state index >= 15 is 0 Å². The Balaban J connectivity index is 0.00000289. The fourth-order valence-electron chi connectivity index (χ4n) is 4.29. The van der Waals surface area contributed by atoms with Gasteiger partial charge in [-0.25, -0.2) is 12.8 Å². The molecule has 0 aliphatic carbocycles. The predicted octanol–water partition coefficient (Wildman–Crippen LogP) is 4.55. The van der Waals surface area contributed by atoms with Gasteiger partial charge in [0.1, 0.15) is 11.9 Å². The first-order valence-corrected chi connectivity index (χ1v) is 12.6. The summed E-state index contributed by atoms with van der Waals surface area (Å²) in [5.74, 6) is -0.756. The first-order valence-electron chi connectivity index (χ1n) is 10.6. The summed E-state index contributed by atoms with van der Waals surface area (Å²) in [5.41, 5.74) is 2.63. The van der Waals surface area contributed by atoms with Gasteiger partial charge >= 0.3 is 0 Å². The average Bonchev–Trinajstić information content (AvgIpc) is 3.44. The molecule has 1 atom stereocenters. The molecule has 0 radical (unpaired) electrons. The van der Waals surface area contributed by atoms with Crippen LogP contribution in [0.1, 0.15) is 31.2 Å². The Kier molecular flexibility index (Phi) is 5.61. The number of hydrogen-bond acceptors (Lipinski definition) is 5. The number of nitrogens with zero attached hydrogens (tertiary/aromatic N) is 4. The Morgan fingerprint density at radius 1 is 1.12 bits per heavy atom. The molecule has 2 aromatic heterocycles. The topological polar surface area (TPSA) is 85.2 Å². The van der Waals surface area contributed by atoms with E-state index in [1.807, 2.05) is 0 Å². The predicted molar refractivity (Wildman–Crippen MR) is 127 cm³/mol. The first-order chi connectivity index (χ1) is 16.2. The number of rotatable bonds is 5. The van der Waals surface area contributed by atoms with Crippen molar-refractivity contribution >= 4 is 38.2 Å². The molecule has 2 aromatic carbocycles. The van der Waals surface area contributed by atoms with Gasteiger partial charge in [-0.1, -0.05) is 23.7 Å². The molecule has 0 saturated heterocycles. The Bertz CT molecular complexity index is 1530. The first kappa shape index (κ1) is 22.5. The minimum atomic E-state index is -3.65. The second-order valence-corrected chi connectivity index (χ2v) is 10.7. The lowest BCUT2D eigenvalue weighted by atomic mass is 10.1. The Labute approximate surface area is 202 Å². The highest BCUT2D eigenvalue weighted by atomic mass is 35.5. The molecule has 1 aliphatic rings. The fourth-order valence-corrected chi connectivity index (χ4v) is 5.70. The van der Waals surface area contributed by atoms with E-state index in [2.05, 4.69) is 10.2 Å². The lowest BCUT2D eigenvalue weighted by molar-refractivity contribution is -0.134. The quantitative estimate of drug-likeness (QED) is 0.401. The van der Waals surface area contributed by atoms with Crippen molar-refractivity contribution in [2.45, 2.75) is 36.7 Å². The van der Waals surface area contributed by atoms with Crippen LogP contribution in [0.3, 0.4) is 0 Å². The number of sulfone groups is 1. The SMILES string of the molecule is C[C@H](C(=O)N1Cc2ccc(S(=O)(=O)Cc3ccc(Cl)nn3)cc2C1)n1ccc2c(F)cccc21.[HH]. The van der Waals surface area contributed by atoms with E-state index < -0.39 is 15.9 Å². The van der Waals surface area contributed by atoms with Crippen LogP contribution < -0.4 is 0 Å². The van der Waals surface area contributed by atoms with Gasteiger partial charge in [0.25, 0.3) is 0 Å². The highest BCUT2D eigenvalue weighted by Crippen LogP contribution is 2.30. The lowest BCUT2D eigenvalue weighted by Crippen LogP contribution is -2.32. The van der Waals surface area contributed by atoms with Gasteiger partial charge in [0.2, 0.25) is 5.91 Å². The largest absolute Gasteiger partial charge is 0.335 e. The third-order valence-electron chi connectivity index (χ3n) is 6.08. The fraction of sp³-hybridized carbons (Fsp3) is 0.208. The lowest BCUT2D eigenvalue weighted by Gasteiger charge is -2.22. The van der Waals surface area contributed by atoms with Crippen molar-refractivity contribution in [2.24, 2.45) is 0 Å². The Morgan fingerprint density at radius 2 is 1.91 bits per heavy atom. The zero-order chi connectivity index (χ0) is 24.0. The number of carbonyl (C=O) groups is 1. The van der Waals surface area contributed by atoms with E-state index in [0.29, 0.717) is 29.7 Å². The summed E-state index contributed by atoms with van der Waals surface area (Å²) in [6.07, 6.45) is 1.71. The zero-order valence-corrected chi connectivity index (χ0v) is 19.7. The van der Waals surface area contributed by atoms with E-state index in [9.17, 15) is 17.6 Å². The number of fused-ring (bicyclic) bond motifs is 2. The van der Waals surface area contributed by atoms with Crippen molar-refractivity contribution in [1.82, 2.24) is 19.7 Å². The molecule has 0 unspecified atom stereocenters. The molecule has 0 saturated carbocycles. The molecule has 0 N–H and O–H groups in total. The minimum absolute atomic E-state index is 0. The molecule has 0 spiro atoms. The van der Waals surface area contributed by atoms with E-state index in [1.165, 1.54) is 18.2 Å². The summed E-state index contributed by atoms with van der Waals surface area (Å²) < 4.78 is 41.6. The van der Waals surface area contributed by atoms with Crippen LogP contribution in [0.2, 0.25) is 5.15 Å². The van der Waals surface area contributed by atoms with E-state index in [1.54, 1.807) is 59.0 Å². The maximum atomic E-state index is 14.1. The Hall–Kier alpha value is -3.30. The molecule has 4 aromatic rings. The van der Waals surface area contributed by atoms with Gasteiger partial charge < -0.3 is 9.47 Å². The molecule has 10 heteroatoms. The van der Waals surface area contributed by atoms with Crippen LogP contribution in [0, 0.1) is 5.82 Å². The summed E-state index contributed by atoms with van der Waals surface area (Å²) in [6.45, 7) is 2.46. The number of carbonyl (C=O) groups excluding carboxylic acids is 1. The smallest absolute Gasteiger partial charge is 0.245 e. The summed E-state index contributed by atoms with van der Waals surface area (Å²) in [6, 6.07) is 13.8. The molecular formula is C24H22ClFN4O3S. The molecule has 176 valence electrons. The van der Waals surface area contributed by atoms with Crippen LogP contribution in [-0.4, -0.2) is 34.0 Å². The van der Waals surface area contributed by atoms with Crippen LogP contribution in [-0.2, 0) is 33.5 Å². The maximum Gasteiger partial charge on any atom is 0.245 e. The third-order valence-corrected chi connectivity index (χ3v) is 7.93. The second kappa shape index (κ2) is 8.48. The number of aromatic nitrogens is 3. The van der Waals surface area contributed by atoms with E-state index in [-0.39, 0.29) is 29.0 Å². The van der Waals surface area contributed by atoms with Crippen molar-refractivity contribution in [3.05, 3.63) is 88.6 Å². The highest BCUT2D eigenvalue weighted by Gasteiger charge is 2.29. The molecule has 0 bridgehead atoms. The normalized spacial score (nSPS) is 14.4. The van der Waals surface area contributed by atoms with Crippen molar-refractivity contribution in [1.29, 1.82) is 0 Å². The average molecular weight is 501 g/mol. The number of benzene rings is 2. The van der Waals surface area contributed by atoms with Crippen molar-refractivity contribution in [3.63, 3.8) is 0 Å². The van der Waals surface area contributed by atoms with Gasteiger partial charge in [-0.2, -0.15) is 5.10 Å². The minimum Gasteiger partial charge on any atom is -0.335 e. The number of amides is 1. The number of halogens is 2. The molecule has 0 fully saturated rings. The molecule has 7 nitrogen and oxygen atoms in total. The van der Waals surface area contributed by atoms with Crippen molar-refractivity contribution in [2.75, 3.05) is 0 Å². The van der Waals surface area contributed by atoms with Gasteiger partial charge in [0.05, 0.1) is 21.9 Å². The summed E-state index contributed by atoms with van der Waals surface area (Å²) in [7, 11) is -3.65. The van der Waals surface area contributed by atoms with E-state index in [0.717, 1.165) is 11.1 Å². The van der Waals surface area contributed by atoms with Gasteiger partial charge in [-0.15, -0.1) is 5.10 Å². The molecule has 3 heterocycles. The number of hydrogen-bond donors (Lipinski definition) is 0. The van der Waals surface area contributed by atoms with Crippen molar-refractivity contribution in [3.8, 4) is 0 Å². The van der Waals surface area contributed by atoms with Crippen LogP contribution in [0.15, 0.2) is 65.7 Å². The zero-order valence-electron chi connectivity index (χ0n) is 18.1. The van der Waals surface area contributed by atoms with E-state index in [4.69, 9.17) is 11.6 Å². The summed E-state index contributed by atoms with van der Waals surface area (Å²) in [4.78, 5) is 15.1. The maximum absolute atomic E-state index is 14.1. The van der Waals surface area contributed by atoms with Gasteiger partial charge in [0.15, 0.2) is 15.0 Å². The Morgan fingerprint density at radius 3 is 2.68 bits per heavy atom. The molecule has 1 amide bonds. The molecule has 5 rings (SSSR count).